The summed E-state index contributed by atoms with van der Waals surface area (Å²) in [6, 6.07) is 0. The highest BCUT2D eigenvalue weighted by Crippen LogP contribution is 2.65. The van der Waals surface area contributed by atoms with Crippen molar-refractivity contribution in [3.05, 3.63) is 0 Å². The number of nitrogens with one attached hydrogen (secondary N) is 1. The maximum atomic E-state index is 6.44. The van der Waals surface area contributed by atoms with Crippen LogP contribution in [0, 0.1) is 17.3 Å². The van der Waals surface area contributed by atoms with Crippen molar-refractivity contribution in [2.24, 2.45) is 17.3 Å². The molecular weight excluding hydrogens is 260 g/mol. The van der Waals surface area contributed by atoms with Crippen molar-refractivity contribution in [3.63, 3.8) is 0 Å². The fourth-order valence-electron chi connectivity index (χ4n) is 5.01. The molecule has 108 valence electrons. The Morgan fingerprint density at radius 2 is 2.00 bits per heavy atom. The first-order valence-electron chi connectivity index (χ1n) is 7.58. The fraction of sp³-hybridized carbons (Fsp3) is 1.00. The molecule has 3 nitrogen and oxygen atoms in total. The van der Waals surface area contributed by atoms with Crippen molar-refractivity contribution >= 4 is 19.5 Å². The molecule has 5 atom stereocenters. The van der Waals surface area contributed by atoms with E-state index < -0.39 is 0 Å². The Bertz CT molecular complexity index is 374. The molecule has 0 aromatic carbocycles. The zero-order chi connectivity index (χ0) is 12.5. The Morgan fingerprint density at radius 3 is 2.63 bits per heavy atom. The van der Waals surface area contributed by atoms with Gasteiger partial charge in [-0.3, -0.25) is 0 Å². The quantitative estimate of drug-likeness (QED) is 0.751. The lowest BCUT2D eigenvalue weighted by atomic mass is 9.43. The van der Waals surface area contributed by atoms with E-state index in [0.717, 1.165) is 12.5 Å². The van der Waals surface area contributed by atoms with E-state index in [1.165, 1.54) is 25.7 Å². The minimum atomic E-state index is -0.0345. The summed E-state index contributed by atoms with van der Waals surface area (Å²) in [5.41, 5.74) is 0.416. The van der Waals surface area contributed by atoms with E-state index in [1.807, 2.05) is 0 Å². The molecule has 0 spiro atoms. The summed E-state index contributed by atoms with van der Waals surface area (Å²) >= 11 is 0. The third-order valence-corrected chi connectivity index (χ3v) is 6.40. The molecule has 0 amide bonds. The van der Waals surface area contributed by atoms with Gasteiger partial charge in [-0.15, -0.1) is 12.4 Å². The Labute approximate surface area is 122 Å². The van der Waals surface area contributed by atoms with E-state index in [0.29, 0.717) is 23.4 Å². The highest BCUT2D eigenvalue weighted by molar-refractivity contribution is 6.47. The lowest BCUT2D eigenvalue weighted by Gasteiger charge is -2.64. The normalized spacial score (nSPS) is 50.4. The molecule has 1 N–H and O–H groups in total. The van der Waals surface area contributed by atoms with Crippen molar-refractivity contribution in [2.75, 3.05) is 6.54 Å². The summed E-state index contributed by atoms with van der Waals surface area (Å²) < 4.78 is 12.7. The summed E-state index contributed by atoms with van der Waals surface area (Å²) in [4.78, 5) is 0. The van der Waals surface area contributed by atoms with Crippen LogP contribution in [0.25, 0.3) is 0 Å². The maximum Gasteiger partial charge on any atom is 0.475 e. The van der Waals surface area contributed by atoms with Crippen LogP contribution in [0.2, 0.25) is 0 Å². The molecule has 0 aromatic rings. The van der Waals surface area contributed by atoms with Crippen LogP contribution in [0.15, 0.2) is 0 Å². The second-order valence-electron chi connectivity index (χ2n) is 7.54. The molecule has 2 heterocycles. The molecule has 0 radical (unpaired) electrons. The second kappa shape index (κ2) is 4.36. The van der Waals surface area contributed by atoms with Gasteiger partial charge in [0.2, 0.25) is 0 Å². The van der Waals surface area contributed by atoms with Gasteiger partial charge in [-0.25, -0.2) is 0 Å². The van der Waals surface area contributed by atoms with Crippen molar-refractivity contribution < 1.29 is 9.31 Å². The van der Waals surface area contributed by atoms with Crippen LogP contribution in [0.1, 0.15) is 46.5 Å². The highest BCUT2D eigenvalue weighted by Gasteiger charge is 2.68. The van der Waals surface area contributed by atoms with Gasteiger partial charge in [0.15, 0.2) is 0 Å². The number of hydrogen-bond donors (Lipinski definition) is 1. The lowest BCUT2D eigenvalue weighted by Crippen LogP contribution is -2.65. The predicted octanol–water partition coefficient (Wildman–Crippen LogP) is 2.43. The van der Waals surface area contributed by atoms with Gasteiger partial charge in [0.25, 0.3) is 0 Å². The zero-order valence-corrected chi connectivity index (χ0v) is 13.0. The molecule has 3 aliphatic carbocycles. The van der Waals surface area contributed by atoms with Crippen LogP contribution in [-0.4, -0.2) is 31.3 Å². The largest absolute Gasteiger partial charge is 0.475 e. The fourth-order valence-corrected chi connectivity index (χ4v) is 5.01. The van der Waals surface area contributed by atoms with Gasteiger partial charge >= 0.3 is 7.12 Å². The van der Waals surface area contributed by atoms with Gasteiger partial charge in [-0.2, -0.15) is 0 Å². The first-order chi connectivity index (χ1) is 8.52. The first-order valence-corrected chi connectivity index (χ1v) is 7.58. The molecule has 3 saturated carbocycles. The third-order valence-electron chi connectivity index (χ3n) is 6.40. The third kappa shape index (κ3) is 1.76. The summed E-state index contributed by atoms with van der Waals surface area (Å²) in [7, 11) is -0.00218. The minimum absolute atomic E-state index is 0. The summed E-state index contributed by atoms with van der Waals surface area (Å²) in [6.45, 7) is 8.25. The van der Waals surface area contributed by atoms with Crippen molar-refractivity contribution in [2.45, 2.75) is 64.1 Å². The van der Waals surface area contributed by atoms with Gasteiger partial charge in [0.05, 0.1) is 11.7 Å². The predicted molar refractivity (Wildman–Crippen MR) is 78.4 cm³/mol. The minimum Gasteiger partial charge on any atom is -0.404 e. The highest BCUT2D eigenvalue weighted by atomic mass is 35.5. The molecule has 5 fully saturated rings. The number of rotatable bonds is 1. The van der Waals surface area contributed by atoms with Gasteiger partial charge in [-0.05, 0) is 56.4 Å². The lowest BCUT2D eigenvalue weighted by molar-refractivity contribution is -0.199. The Morgan fingerprint density at radius 1 is 1.21 bits per heavy atom. The standard InChI is InChI=1S/C14H24BNO2.ClH/c1-13(2)9-7-10(13)14(3)11(8-9)17-15(18-14)12-5-4-6-16-12;/h9-12,16H,4-8H2,1-3H3;1H/t9-,10-,11-,12-,14+;/m0./s1. The number of hydrogen-bond acceptors (Lipinski definition) is 3. The molecule has 5 aliphatic rings. The van der Waals surface area contributed by atoms with Crippen LogP contribution in [-0.2, 0) is 9.31 Å². The van der Waals surface area contributed by atoms with E-state index >= 15 is 0 Å². The molecule has 5 heteroatoms. The van der Waals surface area contributed by atoms with Gasteiger partial charge < -0.3 is 14.6 Å². The van der Waals surface area contributed by atoms with E-state index in [2.05, 4.69) is 26.1 Å². The van der Waals surface area contributed by atoms with Crippen molar-refractivity contribution in [3.8, 4) is 0 Å². The summed E-state index contributed by atoms with van der Waals surface area (Å²) in [6.07, 6.45) is 5.33. The van der Waals surface area contributed by atoms with E-state index in [1.54, 1.807) is 0 Å². The molecule has 0 aromatic heterocycles. The van der Waals surface area contributed by atoms with E-state index in [9.17, 15) is 0 Å². The summed E-state index contributed by atoms with van der Waals surface area (Å²) in [5, 5.41) is 3.52. The van der Waals surface area contributed by atoms with Crippen LogP contribution in [0.3, 0.4) is 0 Å². The molecule has 5 rings (SSSR count). The molecule has 19 heavy (non-hydrogen) atoms. The van der Waals surface area contributed by atoms with Gasteiger partial charge in [-0.1, -0.05) is 13.8 Å². The topological polar surface area (TPSA) is 30.5 Å². The SMILES string of the molecule is CC1(C)[C@@H]2C[C@@H]3OB([C@@H]4CCCN4)O[C@]3(C)[C@H]1C2.Cl. The average molecular weight is 286 g/mol. The average Bonchev–Trinajstić information content (AvgIpc) is 2.92. The molecule has 0 unspecified atom stereocenters. The smallest absolute Gasteiger partial charge is 0.404 e. The van der Waals surface area contributed by atoms with Crippen molar-refractivity contribution in [1.82, 2.24) is 5.32 Å². The van der Waals surface area contributed by atoms with E-state index in [-0.39, 0.29) is 25.1 Å². The Balaban J connectivity index is 0.00000110. The van der Waals surface area contributed by atoms with Gasteiger partial charge in [0.1, 0.15) is 0 Å². The summed E-state index contributed by atoms with van der Waals surface area (Å²) in [5.74, 6) is 1.95. The van der Waals surface area contributed by atoms with Crippen LogP contribution < -0.4 is 5.32 Å². The Kier molecular flexibility index (Phi) is 3.26. The van der Waals surface area contributed by atoms with Crippen LogP contribution in [0.4, 0.5) is 0 Å². The zero-order valence-electron chi connectivity index (χ0n) is 12.1. The Hall–Kier alpha value is 0.235. The van der Waals surface area contributed by atoms with E-state index in [4.69, 9.17) is 9.31 Å². The molecule has 2 aliphatic heterocycles. The van der Waals surface area contributed by atoms with Crippen molar-refractivity contribution in [1.29, 1.82) is 0 Å². The van der Waals surface area contributed by atoms with Crippen LogP contribution >= 0.6 is 12.4 Å². The maximum absolute atomic E-state index is 6.44. The second-order valence-corrected chi connectivity index (χ2v) is 7.54. The van der Waals surface area contributed by atoms with Gasteiger partial charge in [0, 0.05) is 5.94 Å². The number of halogens is 1. The first kappa shape index (κ1) is 14.2. The van der Waals surface area contributed by atoms with Crippen LogP contribution in [0.5, 0.6) is 0 Å². The molecular formula is C14H25BClNO2. The molecule has 2 bridgehead atoms. The monoisotopic (exact) mass is 285 g/mol. The molecule has 2 saturated heterocycles.